The monoisotopic (exact) mass is 190 g/mol. The van der Waals surface area contributed by atoms with Crippen molar-refractivity contribution in [1.82, 2.24) is 5.01 Å². The van der Waals surface area contributed by atoms with E-state index in [1.807, 2.05) is 30.6 Å². The summed E-state index contributed by atoms with van der Waals surface area (Å²) in [5.74, 6) is 0. The molecule has 0 atom stereocenters. The summed E-state index contributed by atoms with van der Waals surface area (Å²) in [6.07, 6.45) is 7.71. The molecule has 1 aliphatic rings. The quantitative estimate of drug-likeness (QED) is 0.647. The van der Waals surface area contributed by atoms with Gasteiger partial charge < -0.3 is 0 Å². The number of nitrogens with zero attached hydrogens (tertiary/aromatic N) is 2. The Kier molecular flexibility index (Phi) is 3.11. The predicted molar refractivity (Wildman–Crippen MR) is 56.0 cm³/mol. The molecule has 74 valence electrons. The number of rotatable bonds is 2. The Morgan fingerprint density at radius 1 is 1.21 bits per heavy atom. The van der Waals surface area contributed by atoms with Gasteiger partial charge in [0.15, 0.2) is 6.20 Å². The average molecular weight is 190 g/mol. The molecule has 3 nitrogen and oxygen atoms in total. The molecule has 3 heteroatoms. The first kappa shape index (κ1) is 9.19. The lowest BCUT2D eigenvalue weighted by molar-refractivity contribution is -0.379. The first-order valence-corrected chi connectivity index (χ1v) is 5.21. The van der Waals surface area contributed by atoms with Gasteiger partial charge in [0.2, 0.25) is 5.69 Å². The minimum Gasteiger partial charge on any atom is -0.297 e. The Balaban J connectivity index is 1.93. The van der Waals surface area contributed by atoms with Gasteiger partial charge in [-0.15, -0.1) is 0 Å². The fraction of sp³-hybridized carbons (Fsp3) is 0.455. The van der Waals surface area contributed by atoms with E-state index in [1.165, 1.54) is 19.3 Å². The summed E-state index contributed by atoms with van der Waals surface area (Å²) in [5.41, 5.74) is 1.05. The lowest BCUT2D eigenvalue weighted by Gasteiger charge is -2.22. The SMILES string of the molecule is C(=N\N1CCCCC1)/c1cccc[nH+]1. The summed E-state index contributed by atoms with van der Waals surface area (Å²) in [7, 11) is 0. The number of H-pyrrole nitrogens is 1. The molecule has 0 spiro atoms. The van der Waals surface area contributed by atoms with Crippen LogP contribution in [-0.4, -0.2) is 24.3 Å². The summed E-state index contributed by atoms with van der Waals surface area (Å²) in [6.45, 7) is 2.20. The van der Waals surface area contributed by atoms with Crippen molar-refractivity contribution in [2.24, 2.45) is 5.10 Å². The van der Waals surface area contributed by atoms with E-state index in [0.29, 0.717) is 0 Å². The van der Waals surface area contributed by atoms with Crippen LogP contribution in [0.3, 0.4) is 0 Å². The standard InChI is InChI=1S/C11H15N3/c1-4-8-14(9-5-1)13-10-11-6-2-3-7-12-11/h2-3,6-7,10H,1,4-5,8-9H2/p+1/b13-10+. The average Bonchev–Trinajstić information content (AvgIpc) is 2.29. The van der Waals surface area contributed by atoms with E-state index in [4.69, 9.17) is 0 Å². The number of hydrogen-bond donors (Lipinski definition) is 0. The zero-order chi connectivity index (χ0) is 9.64. The molecule has 0 amide bonds. The van der Waals surface area contributed by atoms with Crippen molar-refractivity contribution in [3.05, 3.63) is 30.1 Å². The van der Waals surface area contributed by atoms with Crippen molar-refractivity contribution in [3.8, 4) is 0 Å². The Morgan fingerprint density at radius 3 is 2.79 bits per heavy atom. The van der Waals surface area contributed by atoms with Crippen LogP contribution in [0.4, 0.5) is 0 Å². The third-order valence-electron chi connectivity index (χ3n) is 2.43. The molecular weight excluding hydrogens is 174 g/mol. The second-order valence-electron chi connectivity index (χ2n) is 3.58. The molecule has 2 rings (SSSR count). The normalized spacial score (nSPS) is 17.6. The third-order valence-corrected chi connectivity index (χ3v) is 2.43. The molecule has 0 radical (unpaired) electrons. The highest BCUT2D eigenvalue weighted by molar-refractivity contribution is 5.74. The van der Waals surface area contributed by atoms with Gasteiger partial charge in [-0.3, -0.25) is 5.01 Å². The molecule has 0 aromatic carbocycles. The van der Waals surface area contributed by atoms with Gasteiger partial charge in [-0.2, -0.15) is 5.10 Å². The molecule has 2 heterocycles. The minimum absolute atomic E-state index is 1.05. The molecule has 1 aromatic rings. The largest absolute Gasteiger partial charge is 0.297 e. The van der Waals surface area contributed by atoms with Gasteiger partial charge in [-0.25, -0.2) is 4.98 Å². The number of hydrazone groups is 1. The summed E-state index contributed by atoms with van der Waals surface area (Å²) >= 11 is 0. The van der Waals surface area contributed by atoms with E-state index < -0.39 is 0 Å². The van der Waals surface area contributed by atoms with Crippen LogP contribution in [0, 0.1) is 0 Å². The number of pyridine rings is 1. The van der Waals surface area contributed by atoms with Crippen LogP contribution in [0.15, 0.2) is 29.5 Å². The van der Waals surface area contributed by atoms with Crippen LogP contribution in [0.1, 0.15) is 25.0 Å². The van der Waals surface area contributed by atoms with Crippen molar-refractivity contribution in [2.75, 3.05) is 13.1 Å². The molecule has 0 unspecified atom stereocenters. The first-order valence-electron chi connectivity index (χ1n) is 5.21. The predicted octanol–water partition coefficient (Wildman–Crippen LogP) is 1.32. The molecule has 0 bridgehead atoms. The smallest absolute Gasteiger partial charge is 0.223 e. The minimum atomic E-state index is 1.05. The molecule has 0 saturated carbocycles. The summed E-state index contributed by atoms with van der Waals surface area (Å²) in [6, 6.07) is 6.00. The molecule has 1 aromatic heterocycles. The van der Waals surface area contributed by atoms with E-state index in [1.54, 1.807) is 0 Å². The molecule has 0 aliphatic carbocycles. The van der Waals surface area contributed by atoms with Gasteiger partial charge in [0.1, 0.15) is 6.21 Å². The maximum atomic E-state index is 4.43. The van der Waals surface area contributed by atoms with Gasteiger partial charge in [-0.05, 0) is 25.3 Å². The summed E-state index contributed by atoms with van der Waals surface area (Å²) < 4.78 is 0. The van der Waals surface area contributed by atoms with Crippen LogP contribution < -0.4 is 4.98 Å². The topological polar surface area (TPSA) is 29.7 Å². The Bertz CT molecular complexity index is 289. The second-order valence-corrected chi connectivity index (χ2v) is 3.58. The summed E-state index contributed by atoms with van der Waals surface area (Å²) in [4.78, 5) is 3.13. The van der Waals surface area contributed by atoms with E-state index in [-0.39, 0.29) is 0 Å². The zero-order valence-corrected chi connectivity index (χ0v) is 8.32. The lowest BCUT2D eigenvalue weighted by Crippen LogP contribution is -2.25. The van der Waals surface area contributed by atoms with Crippen LogP contribution >= 0.6 is 0 Å². The Labute approximate surface area is 84.5 Å². The van der Waals surface area contributed by atoms with Crippen molar-refractivity contribution in [1.29, 1.82) is 0 Å². The molecule has 1 fully saturated rings. The molecule has 1 saturated heterocycles. The zero-order valence-electron chi connectivity index (χ0n) is 8.32. The van der Waals surface area contributed by atoms with E-state index in [0.717, 1.165) is 18.8 Å². The van der Waals surface area contributed by atoms with Crippen LogP contribution in [0.25, 0.3) is 0 Å². The van der Waals surface area contributed by atoms with Crippen molar-refractivity contribution < 1.29 is 4.98 Å². The lowest BCUT2D eigenvalue weighted by atomic mass is 10.2. The fourth-order valence-corrected chi connectivity index (χ4v) is 1.62. The van der Waals surface area contributed by atoms with Crippen molar-refractivity contribution in [2.45, 2.75) is 19.3 Å². The number of aromatic amines is 1. The first-order chi connectivity index (χ1) is 6.95. The van der Waals surface area contributed by atoms with E-state index >= 15 is 0 Å². The number of hydrogen-bond acceptors (Lipinski definition) is 2. The maximum absolute atomic E-state index is 4.43. The van der Waals surface area contributed by atoms with Gasteiger partial charge >= 0.3 is 0 Å². The Hall–Kier alpha value is -1.38. The van der Waals surface area contributed by atoms with Crippen molar-refractivity contribution in [3.63, 3.8) is 0 Å². The van der Waals surface area contributed by atoms with Crippen LogP contribution in [-0.2, 0) is 0 Å². The van der Waals surface area contributed by atoms with Gasteiger partial charge in [0.05, 0.1) is 0 Å². The van der Waals surface area contributed by atoms with E-state index in [9.17, 15) is 0 Å². The molecule has 14 heavy (non-hydrogen) atoms. The second kappa shape index (κ2) is 4.74. The fourth-order valence-electron chi connectivity index (χ4n) is 1.62. The van der Waals surface area contributed by atoms with Gasteiger partial charge in [0.25, 0.3) is 0 Å². The third kappa shape index (κ3) is 2.55. The van der Waals surface area contributed by atoms with Gasteiger partial charge in [0, 0.05) is 25.2 Å². The van der Waals surface area contributed by atoms with E-state index in [2.05, 4.69) is 15.1 Å². The summed E-state index contributed by atoms with van der Waals surface area (Å²) in [5, 5.41) is 6.57. The number of piperidine rings is 1. The highest BCUT2D eigenvalue weighted by atomic mass is 15.4. The maximum Gasteiger partial charge on any atom is 0.223 e. The Morgan fingerprint density at radius 2 is 2.07 bits per heavy atom. The highest BCUT2D eigenvalue weighted by Gasteiger charge is 2.06. The van der Waals surface area contributed by atoms with Crippen LogP contribution in [0.2, 0.25) is 0 Å². The number of aromatic nitrogens is 1. The van der Waals surface area contributed by atoms with Gasteiger partial charge in [-0.1, -0.05) is 0 Å². The number of nitrogens with one attached hydrogen (secondary N) is 1. The molecule has 1 N–H and O–H groups in total. The van der Waals surface area contributed by atoms with Crippen LogP contribution in [0.5, 0.6) is 0 Å². The molecule has 1 aliphatic heterocycles. The van der Waals surface area contributed by atoms with Crippen molar-refractivity contribution >= 4 is 6.21 Å². The highest BCUT2D eigenvalue weighted by Crippen LogP contribution is 2.08. The molecular formula is C11H16N3+.